The number of likely N-dealkylation sites (N-methyl/N-ethyl adjacent to an activating group) is 1. The molecule has 0 bridgehead atoms. The zero-order valence-corrected chi connectivity index (χ0v) is 17.7. The van der Waals surface area contributed by atoms with Gasteiger partial charge in [0, 0.05) is 13.0 Å². The Morgan fingerprint density at radius 3 is 2.69 bits per heavy atom. The molecule has 2 rings (SSSR count). The molecule has 0 aliphatic carbocycles. The Balaban J connectivity index is 2.06. The van der Waals surface area contributed by atoms with E-state index >= 15 is 0 Å². The molecule has 2 saturated heterocycles. The third-order valence-electron chi connectivity index (χ3n) is 5.53. The van der Waals surface area contributed by atoms with Gasteiger partial charge in [-0.25, -0.2) is 0 Å². The molecule has 2 aliphatic rings. The number of aliphatic hydroxyl groups is 2. The zero-order chi connectivity index (χ0) is 19.4. The Morgan fingerprint density at radius 1 is 1.42 bits per heavy atom. The van der Waals surface area contributed by atoms with Crippen LogP contribution in [0.1, 0.15) is 39.5 Å². The summed E-state index contributed by atoms with van der Waals surface area (Å²) in [5.74, 6) is 0.451. The third-order valence-corrected chi connectivity index (χ3v) is 6.63. The molecule has 0 radical (unpaired) electrons. The number of alkyl halides is 1. The van der Waals surface area contributed by atoms with Gasteiger partial charge in [0.05, 0.1) is 23.6 Å². The van der Waals surface area contributed by atoms with Gasteiger partial charge >= 0.3 is 0 Å². The number of halogens is 1. The summed E-state index contributed by atoms with van der Waals surface area (Å²) in [6.45, 7) is 4.85. The monoisotopic (exact) mass is 408 g/mol. The molecular weight excluding hydrogens is 376 g/mol. The van der Waals surface area contributed by atoms with Gasteiger partial charge < -0.3 is 20.3 Å². The minimum absolute atomic E-state index is 0.0832. The Labute approximate surface area is 166 Å². The number of amides is 1. The Bertz CT molecular complexity index is 470. The molecule has 3 N–H and O–H groups in total. The second kappa shape index (κ2) is 9.94. The Morgan fingerprint density at radius 2 is 2.12 bits per heavy atom. The maximum atomic E-state index is 12.9. The van der Waals surface area contributed by atoms with E-state index in [1.165, 1.54) is 11.8 Å². The lowest BCUT2D eigenvalue weighted by Gasteiger charge is -2.41. The molecule has 2 heterocycles. The minimum atomic E-state index is -1.07. The van der Waals surface area contributed by atoms with Crippen molar-refractivity contribution in [2.75, 3.05) is 19.8 Å². The van der Waals surface area contributed by atoms with Crippen LogP contribution in [-0.2, 0) is 9.53 Å². The van der Waals surface area contributed by atoms with Gasteiger partial charge in [-0.15, -0.1) is 23.4 Å². The van der Waals surface area contributed by atoms with Crippen LogP contribution in [0.5, 0.6) is 0 Å². The van der Waals surface area contributed by atoms with E-state index in [4.69, 9.17) is 16.3 Å². The summed E-state index contributed by atoms with van der Waals surface area (Å²) in [6, 6.07) is -0.756. The summed E-state index contributed by atoms with van der Waals surface area (Å²) in [4.78, 5) is 15.0. The van der Waals surface area contributed by atoms with Gasteiger partial charge in [0.2, 0.25) is 5.91 Å². The molecule has 8 heteroatoms. The van der Waals surface area contributed by atoms with Crippen molar-refractivity contribution in [1.29, 1.82) is 0 Å². The average Bonchev–Trinajstić information content (AvgIpc) is 2.95. The summed E-state index contributed by atoms with van der Waals surface area (Å²) in [5.41, 5.74) is -0.226. The highest BCUT2D eigenvalue weighted by Crippen LogP contribution is 2.30. The van der Waals surface area contributed by atoms with E-state index in [2.05, 4.69) is 17.1 Å². The summed E-state index contributed by atoms with van der Waals surface area (Å²) in [5, 5.41) is 23.1. The fourth-order valence-electron chi connectivity index (χ4n) is 4.06. The van der Waals surface area contributed by atoms with Crippen LogP contribution < -0.4 is 5.32 Å². The van der Waals surface area contributed by atoms with E-state index in [0.717, 1.165) is 25.8 Å². The topological polar surface area (TPSA) is 82.0 Å². The molecule has 2 fully saturated rings. The van der Waals surface area contributed by atoms with Crippen LogP contribution in [0.25, 0.3) is 0 Å². The molecule has 0 aromatic carbocycles. The molecule has 0 saturated carbocycles. The highest BCUT2D eigenvalue weighted by molar-refractivity contribution is 7.99. The molecule has 3 unspecified atom stereocenters. The van der Waals surface area contributed by atoms with Gasteiger partial charge in [-0.05, 0) is 39.0 Å². The van der Waals surface area contributed by atoms with Crippen LogP contribution in [0.4, 0.5) is 0 Å². The number of hydrogen-bond donors (Lipinski definition) is 3. The van der Waals surface area contributed by atoms with Crippen molar-refractivity contribution in [3.05, 3.63) is 0 Å². The summed E-state index contributed by atoms with van der Waals surface area (Å²) < 4.78 is 5.93. The molecule has 1 amide bonds. The lowest BCUT2D eigenvalue weighted by atomic mass is 9.94. The van der Waals surface area contributed by atoms with Crippen LogP contribution in [0, 0.1) is 5.92 Å². The maximum absolute atomic E-state index is 12.9. The molecule has 0 spiro atoms. The van der Waals surface area contributed by atoms with Crippen molar-refractivity contribution in [3.8, 4) is 0 Å². The molecule has 152 valence electrons. The molecule has 2 aliphatic heterocycles. The van der Waals surface area contributed by atoms with Crippen molar-refractivity contribution >= 4 is 29.3 Å². The number of carbonyl (C=O) groups excluding carboxylic acids is 1. The maximum Gasteiger partial charge on any atom is 0.237 e. The van der Waals surface area contributed by atoms with Gasteiger partial charge in [-0.3, -0.25) is 9.69 Å². The average molecular weight is 409 g/mol. The second-order valence-corrected chi connectivity index (χ2v) is 9.30. The van der Waals surface area contributed by atoms with Crippen molar-refractivity contribution in [2.24, 2.45) is 5.92 Å². The van der Waals surface area contributed by atoms with Gasteiger partial charge in [0.15, 0.2) is 0 Å². The van der Waals surface area contributed by atoms with E-state index in [1.807, 2.05) is 13.3 Å². The van der Waals surface area contributed by atoms with Crippen molar-refractivity contribution in [1.82, 2.24) is 10.2 Å². The van der Waals surface area contributed by atoms with Crippen molar-refractivity contribution in [3.63, 3.8) is 0 Å². The number of nitrogens with zero attached hydrogens (tertiary/aromatic N) is 1. The quantitative estimate of drug-likeness (QED) is 0.553. The number of aliphatic hydroxyl groups excluding tert-OH is 2. The number of ether oxygens (including phenoxy) is 1. The number of hydrogen-bond acceptors (Lipinski definition) is 6. The predicted molar refractivity (Wildman–Crippen MR) is 105 cm³/mol. The molecule has 6 nitrogen and oxygen atoms in total. The second-order valence-electron chi connectivity index (χ2n) is 7.62. The van der Waals surface area contributed by atoms with Crippen LogP contribution in [0.2, 0.25) is 0 Å². The summed E-state index contributed by atoms with van der Waals surface area (Å²) >= 11 is 7.82. The zero-order valence-electron chi connectivity index (χ0n) is 16.1. The lowest BCUT2D eigenvalue weighted by Crippen LogP contribution is -2.61. The van der Waals surface area contributed by atoms with Crippen LogP contribution in [-0.4, -0.2) is 82.1 Å². The van der Waals surface area contributed by atoms with E-state index in [1.54, 1.807) is 6.92 Å². The van der Waals surface area contributed by atoms with Crippen molar-refractivity contribution in [2.45, 2.75) is 80.7 Å². The minimum Gasteiger partial charge on any atom is -0.390 e. The first-order valence-electron chi connectivity index (χ1n) is 9.47. The highest BCUT2D eigenvalue weighted by atomic mass is 35.5. The van der Waals surface area contributed by atoms with Gasteiger partial charge in [-0.2, -0.15) is 0 Å². The van der Waals surface area contributed by atoms with E-state index in [0.29, 0.717) is 12.3 Å². The molecular formula is C18H33ClN2O4S. The smallest absolute Gasteiger partial charge is 0.237 e. The summed E-state index contributed by atoms with van der Waals surface area (Å²) in [7, 11) is 1.97. The third kappa shape index (κ3) is 5.26. The van der Waals surface area contributed by atoms with E-state index < -0.39 is 29.7 Å². The molecule has 26 heavy (non-hydrogen) atoms. The number of rotatable bonds is 7. The number of thioether (sulfide) groups is 1. The first-order valence-corrected chi connectivity index (χ1v) is 11.2. The SMILES string of the molecule is CCCC1CC(C(=O)N[C@H](C(C)Cl)[C@H]2O[C@H](SC)C[C@H](O)[C@H]2O)N(C)C1. The van der Waals surface area contributed by atoms with Crippen LogP contribution >= 0.6 is 23.4 Å². The van der Waals surface area contributed by atoms with E-state index in [9.17, 15) is 15.0 Å². The first kappa shape index (κ1) is 22.2. The van der Waals surface area contributed by atoms with Crippen LogP contribution in [0.15, 0.2) is 0 Å². The first-order chi connectivity index (χ1) is 12.3. The van der Waals surface area contributed by atoms with Gasteiger partial charge in [-0.1, -0.05) is 13.3 Å². The Hall–Kier alpha value is -0.0500. The lowest BCUT2D eigenvalue weighted by molar-refractivity contribution is -0.158. The molecule has 0 aromatic rings. The van der Waals surface area contributed by atoms with Gasteiger partial charge in [0.25, 0.3) is 0 Å². The fourth-order valence-corrected chi connectivity index (χ4v) is 4.90. The Kier molecular flexibility index (Phi) is 8.50. The van der Waals surface area contributed by atoms with Crippen LogP contribution in [0.3, 0.4) is 0 Å². The number of likely N-dealkylation sites (tertiary alicyclic amines) is 1. The van der Waals surface area contributed by atoms with Gasteiger partial charge in [0.1, 0.15) is 17.6 Å². The van der Waals surface area contributed by atoms with Crippen molar-refractivity contribution < 1.29 is 19.7 Å². The standard InChI is InChI=1S/C18H33ClN2O4S/c1-5-6-11-7-12(21(3)9-11)18(24)20-15(10(2)19)17-16(23)13(22)8-14(25-17)26-4/h10-17,22-23H,5-9H2,1-4H3,(H,20,24)/t10?,11?,12?,13-,14+,15+,16+,17+/m0/s1. The predicted octanol–water partition coefficient (Wildman–Crippen LogP) is 1.42. The normalized spacial score (nSPS) is 38.1. The molecule has 8 atom stereocenters. The summed E-state index contributed by atoms with van der Waals surface area (Å²) in [6.07, 6.45) is 2.64. The molecule has 0 aromatic heterocycles. The highest BCUT2D eigenvalue weighted by Gasteiger charge is 2.44. The number of nitrogens with one attached hydrogen (secondary N) is 1. The van der Waals surface area contributed by atoms with E-state index in [-0.39, 0.29) is 17.4 Å². The fraction of sp³-hybridized carbons (Fsp3) is 0.944. The largest absolute Gasteiger partial charge is 0.390 e. The number of carbonyl (C=O) groups is 1.